The van der Waals surface area contributed by atoms with Crippen molar-refractivity contribution in [1.82, 2.24) is 0 Å². The third kappa shape index (κ3) is 65.9. The van der Waals surface area contributed by atoms with E-state index >= 15 is 0 Å². The van der Waals surface area contributed by atoms with E-state index in [9.17, 15) is 43.1 Å². The number of phosphoric ester groups is 3. The van der Waals surface area contributed by atoms with Crippen molar-refractivity contribution in [2.24, 2.45) is 0 Å². The van der Waals surface area contributed by atoms with E-state index in [1.54, 1.807) is 0 Å². The van der Waals surface area contributed by atoms with Crippen LogP contribution in [-0.4, -0.2) is 54.5 Å². The molecule has 0 spiro atoms. The first-order chi connectivity index (χ1) is 19.7. The number of phosphoric acid groups is 3. The Balaban J connectivity index is -0.000000169. The summed E-state index contributed by atoms with van der Waals surface area (Å²) in [5.41, 5.74) is 0. The summed E-state index contributed by atoms with van der Waals surface area (Å²) in [6, 6.07) is 0. The monoisotopic (exact) mass is 720 g/mol. The van der Waals surface area contributed by atoms with E-state index in [-0.39, 0.29) is 54.5 Å². The summed E-state index contributed by atoms with van der Waals surface area (Å²) in [5, 5.41) is 0. The Morgan fingerprint density at radius 1 is 0.341 bits per heavy atom. The Kier molecular flexibility index (Phi) is 48.4. The minimum absolute atomic E-state index is 0. The Bertz CT molecular complexity index is 601. The van der Waals surface area contributed by atoms with Gasteiger partial charge in [0.25, 0.3) is 0 Å². The molecule has 0 bridgehead atoms. The van der Waals surface area contributed by atoms with E-state index in [2.05, 4.69) is 34.3 Å². The molecule has 44 heavy (non-hydrogen) atoms. The van der Waals surface area contributed by atoms with E-state index < -0.39 is 23.5 Å². The summed E-state index contributed by atoms with van der Waals surface area (Å²) < 4.78 is 42.5. The first kappa shape index (κ1) is 54.8. The molecule has 12 nitrogen and oxygen atoms in total. The van der Waals surface area contributed by atoms with Crippen molar-refractivity contribution in [3.63, 3.8) is 0 Å². The van der Waals surface area contributed by atoms with Crippen molar-refractivity contribution in [2.75, 3.05) is 19.8 Å². The Hall–Kier alpha value is 1.39. The van der Waals surface area contributed by atoms with Gasteiger partial charge in [-0.2, -0.15) is 0 Å². The van der Waals surface area contributed by atoms with Crippen LogP contribution in [0.15, 0.2) is 0 Å². The molecule has 0 aromatic rings. The second kappa shape index (κ2) is 38.8. The standard InChI is InChI=1S/3C9H21O4P.2Al/c3*1-2-3-4-5-6-7-8-9-13-14(10,11)12;;/h3*2-9H2,1H3,(H2,10,11,12);;/q;;;2*+3/p-6. The van der Waals surface area contributed by atoms with Crippen molar-refractivity contribution < 1.29 is 56.6 Å². The quantitative estimate of drug-likeness (QED) is 0.0669. The molecule has 0 amide bonds. The van der Waals surface area contributed by atoms with E-state index in [1.807, 2.05) is 0 Å². The van der Waals surface area contributed by atoms with Gasteiger partial charge in [-0.3, -0.25) is 0 Å². The van der Waals surface area contributed by atoms with Crippen molar-refractivity contribution in [3.05, 3.63) is 0 Å². The molecule has 0 aliphatic rings. The first-order valence-corrected chi connectivity index (χ1v) is 20.1. The smallest absolute Gasteiger partial charge is 0.790 e. The third-order valence-electron chi connectivity index (χ3n) is 5.99. The van der Waals surface area contributed by atoms with E-state index in [4.69, 9.17) is 0 Å². The van der Waals surface area contributed by atoms with Crippen LogP contribution >= 0.6 is 23.5 Å². The van der Waals surface area contributed by atoms with Gasteiger partial charge in [0, 0.05) is 0 Å². The van der Waals surface area contributed by atoms with Gasteiger partial charge in [-0.05, 0) is 19.3 Å². The van der Waals surface area contributed by atoms with Crippen molar-refractivity contribution >= 4 is 58.2 Å². The fraction of sp³-hybridized carbons (Fsp3) is 1.00. The zero-order valence-electron chi connectivity index (χ0n) is 27.4. The molecule has 0 heterocycles. The molecule has 0 fully saturated rings. The number of hydrogen-bond donors (Lipinski definition) is 0. The fourth-order valence-electron chi connectivity index (χ4n) is 3.71. The largest absolute Gasteiger partial charge is 3.00 e. The predicted molar refractivity (Wildman–Crippen MR) is 166 cm³/mol. The average Bonchev–Trinajstić information content (AvgIpc) is 2.88. The summed E-state index contributed by atoms with van der Waals surface area (Å²) in [6.45, 7) is 6.60. The van der Waals surface area contributed by atoms with E-state index in [0.29, 0.717) is 19.3 Å². The van der Waals surface area contributed by atoms with Gasteiger partial charge in [-0.15, -0.1) is 0 Å². The Morgan fingerprint density at radius 3 is 0.659 bits per heavy atom. The Labute approximate surface area is 289 Å². The molecule has 0 rings (SSSR count). The molecule has 0 aliphatic heterocycles. The van der Waals surface area contributed by atoms with Crippen LogP contribution in [0, 0.1) is 0 Å². The maximum atomic E-state index is 10.1. The van der Waals surface area contributed by atoms with Crippen LogP contribution in [0.2, 0.25) is 0 Å². The van der Waals surface area contributed by atoms with Crippen LogP contribution in [0.25, 0.3) is 0 Å². The minimum Gasteiger partial charge on any atom is -0.790 e. The number of hydrogen-bond acceptors (Lipinski definition) is 12. The van der Waals surface area contributed by atoms with Crippen LogP contribution in [0.1, 0.15) is 156 Å². The maximum absolute atomic E-state index is 10.1. The summed E-state index contributed by atoms with van der Waals surface area (Å²) in [6.07, 6.45) is 22.7. The molecule has 0 saturated heterocycles. The molecule has 0 N–H and O–H groups in total. The van der Waals surface area contributed by atoms with Crippen LogP contribution in [0.3, 0.4) is 0 Å². The van der Waals surface area contributed by atoms with Gasteiger partial charge in [-0.1, -0.05) is 136 Å². The molecular weight excluding hydrogens is 663 g/mol. The number of unbranched alkanes of at least 4 members (excludes halogenated alkanes) is 18. The molecular formula is C27H57Al2O12P3. The Morgan fingerprint density at radius 2 is 0.500 bits per heavy atom. The first-order valence-electron chi connectivity index (χ1n) is 15.7. The second-order valence-corrected chi connectivity index (χ2v) is 13.7. The van der Waals surface area contributed by atoms with Gasteiger partial charge in [0.2, 0.25) is 0 Å². The maximum Gasteiger partial charge on any atom is 3.00 e. The van der Waals surface area contributed by atoms with E-state index in [1.165, 1.54) is 77.0 Å². The van der Waals surface area contributed by atoms with Crippen LogP contribution in [0.5, 0.6) is 0 Å². The normalized spacial score (nSPS) is 11.4. The summed E-state index contributed by atoms with van der Waals surface area (Å²) in [5.74, 6) is 0. The summed E-state index contributed by atoms with van der Waals surface area (Å²) in [7, 11) is -14.2. The molecule has 0 saturated carbocycles. The van der Waals surface area contributed by atoms with Gasteiger partial charge in [0.1, 0.15) is 0 Å². The molecule has 258 valence electrons. The zero-order valence-corrected chi connectivity index (χ0v) is 32.4. The van der Waals surface area contributed by atoms with Crippen LogP contribution < -0.4 is 29.4 Å². The average molecular weight is 721 g/mol. The summed E-state index contributed by atoms with van der Waals surface area (Å²) in [4.78, 5) is 60.3. The van der Waals surface area contributed by atoms with Gasteiger partial charge >= 0.3 is 34.7 Å². The van der Waals surface area contributed by atoms with Gasteiger partial charge in [0.15, 0.2) is 0 Å². The molecule has 17 heteroatoms. The second-order valence-electron chi connectivity index (χ2n) is 10.2. The van der Waals surface area contributed by atoms with E-state index in [0.717, 1.165) is 38.5 Å². The molecule has 0 aromatic carbocycles. The zero-order chi connectivity index (χ0) is 32.6. The molecule has 0 radical (unpaired) electrons. The van der Waals surface area contributed by atoms with Crippen LogP contribution in [0.4, 0.5) is 0 Å². The van der Waals surface area contributed by atoms with Crippen molar-refractivity contribution in [2.45, 2.75) is 156 Å². The van der Waals surface area contributed by atoms with Crippen molar-refractivity contribution in [3.8, 4) is 0 Å². The molecule has 0 unspecified atom stereocenters. The topological polar surface area (TPSA) is 217 Å². The van der Waals surface area contributed by atoms with Crippen molar-refractivity contribution in [1.29, 1.82) is 0 Å². The predicted octanol–water partition coefficient (Wildman–Crippen LogP) is 3.99. The van der Waals surface area contributed by atoms with Gasteiger partial charge in [-0.25, -0.2) is 0 Å². The number of rotatable bonds is 27. The van der Waals surface area contributed by atoms with Gasteiger partial charge in [0.05, 0.1) is 43.3 Å². The molecule has 0 atom stereocenters. The SMILES string of the molecule is CCCCCCCCCOP(=O)([O-])[O-].CCCCCCCCCOP(=O)([O-])[O-].CCCCCCCCCOP(=O)([O-])[O-].[Al+3].[Al+3]. The van der Waals surface area contributed by atoms with Gasteiger partial charge < -0.3 is 56.6 Å². The third-order valence-corrected chi connectivity index (χ3v) is 7.49. The minimum atomic E-state index is -4.73. The molecule has 0 aliphatic carbocycles. The molecule has 0 aromatic heterocycles. The van der Waals surface area contributed by atoms with Crippen LogP contribution in [-0.2, 0) is 27.3 Å². The summed E-state index contributed by atoms with van der Waals surface area (Å²) >= 11 is 0. The fourth-order valence-corrected chi connectivity index (χ4v) is 4.76.